The zero-order chi connectivity index (χ0) is 31.5. The van der Waals surface area contributed by atoms with E-state index in [1.807, 2.05) is 196 Å². The summed E-state index contributed by atoms with van der Waals surface area (Å²) in [6.45, 7) is 1.18. The average molecular weight is 834 g/mol. The number of carbonyl (C=O) groups excluding carboxylic acids is 3. The van der Waals surface area contributed by atoms with Gasteiger partial charge in [0.1, 0.15) is 0 Å². The smallest absolute Gasteiger partial charge is 0.227 e. The molecule has 0 bridgehead atoms. The Labute approximate surface area is 313 Å². The van der Waals surface area contributed by atoms with Gasteiger partial charge in [-0.3, -0.25) is 14.4 Å². The van der Waals surface area contributed by atoms with E-state index in [0.717, 1.165) is 16.7 Å². The first-order chi connectivity index (χ1) is 22.1. The summed E-state index contributed by atoms with van der Waals surface area (Å²) in [7, 11) is 0. The molecule has 48 heavy (non-hydrogen) atoms. The molecule has 0 aliphatic carbocycles. The van der Waals surface area contributed by atoms with Crippen molar-refractivity contribution in [3.05, 3.63) is 199 Å². The highest BCUT2D eigenvalue weighted by Gasteiger charge is 2.12. The lowest BCUT2D eigenvalue weighted by molar-refractivity contribution is -0.683. The Morgan fingerprint density at radius 2 is 0.500 bits per heavy atom. The fraction of sp³-hybridized carbons (Fsp3) is 0.0769. The monoisotopic (exact) mass is 831 g/mol. The van der Waals surface area contributed by atoms with Gasteiger partial charge >= 0.3 is 0 Å². The Balaban J connectivity index is 0.000000349. The minimum atomic E-state index is 0. The van der Waals surface area contributed by atoms with Gasteiger partial charge in [0.05, 0.1) is 0 Å². The first kappa shape index (κ1) is 41.6. The molecule has 9 heteroatoms. The topological polar surface area (TPSA) is 62.9 Å². The second-order valence-corrected chi connectivity index (χ2v) is 10.0. The molecule has 0 N–H and O–H groups in total. The van der Waals surface area contributed by atoms with E-state index in [2.05, 4.69) is 0 Å². The van der Waals surface area contributed by atoms with Crippen LogP contribution in [0.25, 0.3) is 0 Å². The van der Waals surface area contributed by atoms with Gasteiger partial charge in [-0.25, -0.2) is 0 Å². The molecule has 0 saturated heterocycles. The van der Waals surface area contributed by atoms with E-state index in [4.69, 9.17) is 0 Å². The lowest BCUT2D eigenvalue weighted by atomic mass is 10.1. The van der Waals surface area contributed by atoms with Gasteiger partial charge in [-0.05, 0) is 0 Å². The SMILES string of the molecule is O=C(C[n+]1ccccc1)c1ccccc1.O=C(C[n+]1ccccc1)c1ccccc1.O=C(C[n+]1ccccc1)c1ccccc1.[Br-].[Br-].[Br-]. The molecule has 3 aromatic carbocycles. The summed E-state index contributed by atoms with van der Waals surface area (Å²) in [6, 6.07) is 45.3. The fourth-order valence-corrected chi connectivity index (χ4v) is 4.26. The Morgan fingerprint density at radius 1 is 0.312 bits per heavy atom. The quantitative estimate of drug-likeness (QED) is 0.113. The number of aromatic nitrogens is 3. The van der Waals surface area contributed by atoms with Gasteiger partial charge in [0.25, 0.3) is 0 Å². The summed E-state index contributed by atoms with van der Waals surface area (Å²) in [5, 5.41) is 0. The van der Waals surface area contributed by atoms with Crippen molar-refractivity contribution in [1.82, 2.24) is 0 Å². The number of halogens is 3. The van der Waals surface area contributed by atoms with Crippen LogP contribution in [0.5, 0.6) is 0 Å². The third-order valence-electron chi connectivity index (χ3n) is 6.60. The first-order valence-corrected chi connectivity index (χ1v) is 14.7. The van der Waals surface area contributed by atoms with Crippen LogP contribution in [-0.4, -0.2) is 17.3 Å². The van der Waals surface area contributed by atoms with Gasteiger partial charge in [0.2, 0.25) is 37.0 Å². The molecular weight excluding hydrogens is 798 g/mol. The highest BCUT2D eigenvalue weighted by atomic mass is 79.9. The van der Waals surface area contributed by atoms with E-state index in [0.29, 0.717) is 19.6 Å². The van der Waals surface area contributed by atoms with Crippen molar-refractivity contribution in [1.29, 1.82) is 0 Å². The van der Waals surface area contributed by atoms with E-state index in [1.54, 1.807) is 0 Å². The molecule has 3 heterocycles. The molecule has 0 unspecified atom stereocenters. The van der Waals surface area contributed by atoms with Crippen LogP contribution < -0.4 is 64.6 Å². The minimum Gasteiger partial charge on any atom is -1.00 e. The van der Waals surface area contributed by atoms with Crippen LogP contribution >= 0.6 is 0 Å². The van der Waals surface area contributed by atoms with Crippen LogP contribution in [0.3, 0.4) is 0 Å². The number of benzene rings is 3. The van der Waals surface area contributed by atoms with E-state index < -0.39 is 0 Å². The molecule has 0 amide bonds. The van der Waals surface area contributed by atoms with Gasteiger partial charge in [0.15, 0.2) is 37.2 Å². The molecule has 0 atom stereocenters. The number of pyridine rings is 3. The molecule has 0 aliphatic rings. The van der Waals surface area contributed by atoms with Gasteiger partial charge in [-0.15, -0.1) is 0 Å². The summed E-state index contributed by atoms with van der Waals surface area (Å²) in [5.74, 6) is 0.394. The maximum atomic E-state index is 11.8. The van der Waals surface area contributed by atoms with Crippen molar-refractivity contribution < 1.29 is 79.0 Å². The average Bonchev–Trinajstić information content (AvgIpc) is 3.11. The second-order valence-electron chi connectivity index (χ2n) is 10.0. The van der Waals surface area contributed by atoms with Crippen molar-refractivity contribution >= 4 is 17.3 Å². The molecule has 246 valence electrons. The lowest BCUT2D eigenvalue weighted by Gasteiger charge is -1.96. The van der Waals surface area contributed by atoms with Crippen LogP contribution in [-0.2, 0) is 19.6 Å². The zero-order valence-electron chi connectivity index (χ0n) is 26.1. The normalized spacial score (nSPS) is 9.25. The van der Waals surface area contributed by atoms with Crippen LogP contribution in [0.2, 0.25) is 0 Å². The number of hydrogen-bond acceptors (Lipinski definition) is 3. The third kappa shape index (κ3) is 15.0. The largest absolute Gasteiger partial charge is 1.00 e. The van der Waals surface area contributed by atoms with E-state index in [9.17, 15) is 14.4 Å². The molecule has 0 saturated carbocycles. The van der Waals surface area contributed by atoms with Gasteiger partial charge in [-0.2, -0.15) is 13.7 Å². The number of ketones is 3. The van der Waals surface area contributed by atoms with Crippen molar-refractivity contribution in [2.75, 3.05) is 0 Å². The highest BCUT2D eigenvalue weighted by molar-refractivity contribution is 5.95. The summed E-state index contributed by atoms with van der Waals surface area (Å²) >= 11 is 0. The van der Waals surface area contributed by atoms with E-state index in [1.165, 1.54) is 0 Å². The summed E-state index contributed by atoms with van der Waals surface area (Å²) in [4.78, 5) is 35.4. The number of Topliss-reactive ketones (excluding diaryl/α,β-unsaturated/α-hetero) is 3. The fourth-order valence-electron chi connectivity index (χ4n) is 4.26. The summed E-state index contributed by atoms with van der Waals surface area (Å²) in [5.41, 5.74) is 2.27. The molecule has 6 rings (SSSR count). The van der Waals surface area contributed by atoms with Crippen molar-refractivity contribution in [2.24, 2.45) is 0 Å². The Morgan fingerprint density at radius 3 is 0.708 bits per heavy atom. The number of nitrogens with zero attached hydrogens (tertiary/aromatic N) is 3. The Bertz CT molecular complexity index is 1540. The van der Waals surface area contributed by atoms with Gasteiger partial charge in [-0.1, -0.05) is 109 Å². The molecule has 3 aromatic heterocycles. The molecule has 0 spiro atoms. The van der Waals surface area contributed by atoms with Crippen molar-refractivity contribution in [2.45, 2.75) is 19.6 Å². The molecular formula is C39H36Br3N3O3. The Hall–Kier alpha value is -4.44. The number of carbonyl (C=O) groups is 3. The maximum Gasteiger partial charge on any atom is 0.227 e. The van der Waals surface area contributed by atoms with Crippen LogP contribution in [0.4, 0.5) is 0 Å². The Kier molecular flexibility index (Phi) is 20.6. The molecule has 0 fully saturated rings. The van der Waals surface area contributed by atoms with Crippen LogP contribution in [0.15, 0.2) is 183 Å². The predicted molar refractivity (Wildman–Crippen MR) is 172 cm³/mol. The maximum absolute atomic E-state index is 11.8. The van der Waals surface area contributed by atoms with Crippen molar-refractivity contribution in [3.8, 4) is 0 Å². The molecule has 0 radical (unpaired) electrons. The van der Waals surface area contributed by atoms with Gasteiger partial charge in [0, 0.05) is 53.1 Å². The summed E-state index contributed by atoms with van der Waals surface area (Å²) in [6.07, 6.45) is 11.3. The number of hydrogen-bond donors (Lipinski definition) is 0. The predicted octanol–water partition coefficient (Wildman–Crippen LogP) is -3.42. The van der Waals surface area contributed by atoms with Crippen molar-refractivity contribution in [3.63, 3.8) is 0 Å². The highest BCUT2D eigenvalue weighted by Crippen LogP contribution is 2.01. The van der Waals surface area contributed by atoms with E-state index in [-0.39, 0.29) is 68.3 Å². The minimum absolute atomic E-state index is 0. The number of rotatable bonds is 9. The lowest BCUT2D eigenvalue weighted by Crippen LogP contribution is -3.00. The van der Waals surface area contributed by atoms with E-state index >= 15 is 0 Å². The van der Waals surface area contributed by atoms with Crippen LogP contribution in [0, 0.1) is 0 Å². The first-order valence-electron chi connectivity index (χ1n) is 14.7. The second kappa shape index (κ2) is 23.8. The molecule has 6 aromatic rings. The third-order valence-corrected chi connectivity index (χ3v) is 6.60. The molecule has 0 aliphatic heterocycles. The standard InChI is InChI=1S/3C13H12NO.3BrH/c3*15-13(12-7-3-1-4-8-12)11-14-9-5-2-6-10-14;;;/h3*1-10H,11H2;3*1H/q3*+1;;;/p-3. The van der Waals surface area contributed by atoms with Gasteiger partial charge < -0.3 is 50.9 Å². The summed E-state index contributed by atoms with van der Waals surface area (Å²) < 4.78 is 5.61. The van der Waals surface area contributed by atoms with Crippen LogP contribution in [0.1, 0.15) is 31.1 Å². The zero-order valence-corrected chi connectivity index (χ0v) is 30.9. The molecule has 6 nitrogen and oxygen atoms in total.